The van der Waals surface area contributed by atoms with E-state index in [1.807, 2.05) is 30.3 Å². The second kappa shape index (κ2) is 11.5. The Hall–Kier alpha value is -2.52. The van der Waals surface area contributed by atoms with Crippen molar-refractivity contribution in [1.29, 1.82) is 0 Å². The number of benzene rings is 1. The number of allylic oxidation sites excluding steroid dienone is 1. The van der Waals surface area contributed by atoms with Crippen LogP contribution in [0.2, 0.25) is 0 Å². The molecule has 1 aromatic rings. The molecule has 200 valence electrons. The molecular weight excluding hydrogens is 474 g/mol. The maximum Gasteiger partial charge on any atom is 0.339 e. The number of carbonyl (C=O) groups excluding carboxylic acids is 2. The maximum absolute atomic E-state index is 13.1. The molecule has 1 unspecified atom stereocenters. The molecule has 0 radical (unpaired) electrons. The Morgan fingerprint density at radius 1 is 1.24 bits per heavy atom. The summed E-state index contributed by atoms with van der Waals surface area (Å²) < 4.78 is 28.9. The van der Waals surface area contributed by atoms with Crippen molar-refractivity contribution in [2.24, 2.45) is 5.92 Å². The zero-order valence-electron chi connectivity index (χ0n) is 21.6. The standard InChI is InChI=1S/C29H37NO7/c1-20-23-11-10-21(7-6-12-29(2)26(37-29)25(23)36-27(20)31)19-35-24(22-8-4-3-5-9-22)28(32)34-18-15-30-13-16-33-17-14-30/h3-5,7-9,23-26H,1,6,10-19H2,2H3/b21-7-/t23-,24?,25-,26-,29+/m0/s1. The van der Waals surface area contributed by atoms with Crippen LogP contribution in [0.3, 0.4) is 0 Å². The van der Waals surface area contributed by atoms with Crippen LogP contribution in [0.1, 0.15) is 44.3 Å². The number of morpholine rings is 1. The number of nitrogens with zero attached hydrogens (tertiary/aromatic N) is 1. The largest absolute Gasteiger partial charge is 0.462 e. The predicted octanol–water partition coefficient (Wildman–Crippen LogP) is 3.38. The van der Waals surface area contributed by atoms with E-state index >= 15 is 0 Å². The highest BCUT2D eigenvalue weighted by Gasteiger charge is 2.61. The second-order valence-electron chi connectivity index (χ2n) is 10.5. The molecule has 3 heterocycles. The molecule has 5 rings (SSSR count). The molecule has 3 fully saturated rings. The van der Waals surface area contributed by atoms with E-state index in [0.717, 1.165) is 49.9 Å². The Bertz CT molecular complexity index is 1020. The highest BCUT2D eigenvalue weighted by atomic mass is 16.6. The van der Waals surface area contributed by atoms with Crippen molar-refractivity contribution >= 4 is 11.9 Å². The smallest absolute Gasteiger partial charge is 0.339 e. The molecule has 5 atom stereocenters. The van der Waals surface area contributed by atoms with Gasteiger partial charge in [0.15, 0.2) is 6.10 Å². The lowest BCUT2D eigenvalue weighted by atomic mass is 9.84. The van der Waals surface area contributed by atoms with E-state index in [1.54, 1.807) is 0 Å². The zero-order chi connectivity index (χ0) is 25.8. The third-order valence-electron chi connectivity index (χ3n) is 7.95. The van der Waals surface area contributed by atoms with Crippen molar-refractivity contribution in [2.75, 3.05) is 46.1 Å². The summed E-state index contributed by atoms with van der Waals surface area (Å²) in [5, 5.41) is 0. The minimum absolute atomic E-state index is 0.0680. The van der Waals surface area contributed by atoms with Crippen LogP contribution in [-0.4, -0.2) is 80.7 Å². The van der Waals surface area contributed by atoms with Gasteiger partial charge in [-0.3, -0.25) is 4.90 Å². The average molecular weight is 512 g/mol. The van der Waals surface area contributed by atoms with Crippen LogP contribution in [0.25, 0.3) is 0 Å². The van der Waals surface area contributed by atoms with Gasteiger partial charge < -0.3 is 23.7 Å². The van der Waals surface area contributed by atoms with Crippen molar-refractivity contribution in [3.05, 3.63) is 59.7 Å². The Morgan fingerprint density at radius 2 is 2.03 bits per heavy atom. The van der Waals surface area contributed by atoms with E-state index in [2.05, 4.69) is 24.5 Å². The molecule has 0 aromatic heterocycles. The molecule has 0 amide bonds. The summed E-state index contributed by atoms with van der Waals surface area (Å²) in [6.45, 7) is 10.5. The number of carbonyl (C=O) groups is 2. The summed E-state index contributed by atoms with van der Waals surface area (Å²) >= 11 is 0. The molecule has 4 aliphatic rings. The van der Waals surface area contributed by atoms with Gasteiger partial charge >= 0.3 is 11.9 Å². The van der Waals surface area contributed by atoms with Gasteiger partial charge in [0.05, 0.1) is 25.4 Å². The summed E-state index contributed by atoms with van der Waals surface area (Å²) in [4.78, 5) is 27.6. The Labute approximate surface area is 218 Å². The number of fused-ring (bicyclic) bond motifs is 3. The molecule has 37 heavy (non-hydrogen) atoms. The average Bonchev–Trinajstić information content (AvgIpc) is 3.50. The first-order chi connectivity index (χ1) is 17.9. The van der Waals surface area contributed by atoms with Crippen molar-refractivity contribution in [3.8, 4) is 0 Å². The molecule has 1 aliphatic carbocycles. The van der Waals surface area contributed by atoms with Crippen LogP contribution >= 0.6 is 0 Å². The predicted molar refractivity (Wildman–Crippen MR) is 136 cm³/mol. The van der Waals surface area contributed by atoms with Gasteiger partial charge in [-0.1, -0.05) is 43.0 Å². The summed E-state index contributed by atoms with van der Waals surface area (Å²) in [5.74, 6) is -0.779. The minimum Gasteiger partial charge on any atom is -0.462 e. The first-order valence-electron chi connectivity index (χ1n) is 13.3. The minimum atomic E-state index is -0.810. The van der Waals surface area contributed by atoms with Gasteiger partial charge in [0.2, 0.25) is 0 Å². The first-order valence-corrected chi connectivity index (χ1v) is 13.3. The Morgan fingerprint density at radius 3 is 2.81 bits per heavy atom. The number of hydrogen-bond acceptors (Lipinski definition) is 8. The van der Waals surface area contributed by atoms with E-state index in [1.165, 1.54) is 0 Å². The maximum atomic E-state index is 13.1. The number of hydrogen-bond donors (Lipinski definition) is 0. The molecule has 3 saturated heterocycles. The normalized spacial score (nSPS) is 32.4. The van der Waals surface area contributed by atoms with Gasteiger partial charge in [-0.15, -0.1) is 0 Å². The van der Waals surface area contributed by atoms with E-state index in [9.17, 15) is 9.59 Å². The molecule has 0 bridgehead atoms. The number of esters is 2. The van der Waals surface area contributed by atoms with Gasteiger partial charge in [-0.25, -0.2) is 9.59 Å². The highest BCUT2D eigenvalue weighted by Crippen LogP contribution is 2.49. The van der Waals surface area contributed by atoms with Gasteiger partial charge in [0.1, 0.15) is 18.8 Å². The molecule has 0 N–H and O–H groups in total. The fourth-order valence-corrected chi connectivity index (χ4v) is 5.55. The van der Waals surface area contributed by atoms with E-state index in [0.29, 0.717) is 38.5 Å². The zero-order valence-corrected chi connectivity index (χ0v) is 21.6. The summed E-state index contributed by atoms with van der Waals surface area (Å²) in [6, 6.07) is 9.47. The summed E-state index contributed by atoms with van der Waals surface area (Å²) in [7, 11) is 0. The Balaban J connectivity index is 1.22. The number of ether oxygens (including phenoxy) is 5. The highest BCUT2D eigenvalue weighted by molar-refractivity contribution is 5.91. The van der Waals surface area contributed by atoms with Crippen molar-refractivity contribution in [2.45, 2.75) is 56.5 Å². The lowest BCUT2D eigenvalue weighted by Crippen LogP contribution is -2.38. The molecule has 3 aliphatic heterocycles. The number of epoxide rings is 1. The van der Waals surface area contributed by atoms with Gasteiger partial charge in [0.25, 0.3) is 0 Å². The fraction of sp³-hybridized carbons (Fsp3) is 0.586. The van der Waals surface area contributed by atoms with E-state index < -0.39 is 6.10 Å². The molecule has 8 heteroatoms. The third-order valence-corrected chi connectivity index (χ3v) is 7.95. The van der Waals surface area contributed by atoms with Gasteiger partial charge in [-0.05, 0) is 43.7 Å². The summed E-state index contributed by atoms with van der Waals surface area (Å²) in [6.07, 6.45) is 4.16. The van der Waals surface area contributed by atoms with Crippen LogP contribution in [0.5, 0.6) is 0 Å². The van der Waals surface area contributed by atoms with Crippen LogP contribution < -0.4 is 0 Å². The van der Waals surface area contributed by atoms with Crippen molar-refractivity contribution in [1.82, 2.24) is 4.90 Å². The quantitative estimate of drug-likeness (QED) is 0.227. The molecule has 0 saturated carbocycles. The molecular formula is C29H37NO7. The van der Waals surface area contributed by atoms with E-state index in [-0.39, 0.29) is 35.7 Å². The molecule has 8 nitrogen and oxygen atoms in total. The summed E-state index contributed by atoms with van der Waals surface area (Å²) in [5.41, 5.74) is 2.10. The van der Waals surface area contributed by atoms with E-state index in [4.69, 9.17) is 23.7 Å². The third kappa shape index (κ3) is 6.14. The lowest BCUT2D eigenvalue weighted by molar-refractivity contribution is -0.158. The second-order valence-corrected chi connectivity index (χ2v) is 10.5. The van der Waals surface area contributed by atoms with Gasteiger partial charge in [-0.2, -0.15) is 0 Å². The van der Waals surface area contributed by atoms with Crippen LogP contribution in [-0.2, 0) is 33.3 Å². The monoisotopic (exact) mass is 511 g/mol. The van der Waals surface area contributed by atoms with Crippen molar-refractivity contribution in [3.63, 3.8) is 0 Å². The number of rotatable bonds is 8. The first kappa shape index (κ1) is 26.1. The van der Waals surface area contributed by atoms with Crippen LogP contribution in [0.15, 0.2) is 54.1 Å². The van der Waals surface area contributed by atoms with Gasteiger partial charge in [0, 0.05) is 31.1 Å². The molecule has 1 aromatic carbocycles. The van der Waals surface area contributed by atoms with Crippen LogP contribution in [0.4, 0.5) is 0 Å². The fourth-order valence-electron chi connectivity index (χ4n) is 5.55. The lowest BCUT2D eigenvalue weighted by Gasteiger charge is -2.26. The van der Waals surface area contributed by atoms with Crippen molar-refractivity contribution < 1.29 is 33.3 Å². The SMILES string of the molecule is C=C1C(=O)O[C@H]2[C@H]1CC/C(COC(C(=O)OCCN1CCOCC1)c1ccccc1)=C/CC[C@@]1(C)O[C@@H]21. The Kier molecular flexibility index (Phi) is 8.09. The topological polar surface area (TPSA) is 86.8 Å². The van der Waals surface area contributed by atoms with Crippen LogP contribution in [0, 0.1) is 5.92 Å². The molecule has 0 spiro atoms.